The van der Waals surface area contributed by atoms with Gasteiger partial charge in [0, 0.05) is 4.90 Å². The Balaban J connectivity index is 2.35. The third-order valence-electron chi connectivity index (χ3n) is 2.07. The molecule has 1 aromatic heterocycles. The summed E-state index contributed by atoms with van der Waals surface area (Å²) in [7, 11) is 0. The van der Waals surface area contributed by atoms with Crippen molar-refractivity contribution in [3.63, 3.8) is 0 Å². The normalized spacial score (nSPS) is 10.3. The van der Waals surface area contributed by atoms with Gasteiger partial charge in [0.05, 0.1) is 10.6 Å². The minimum absolute atomic E-state index is 0.101. The molecular weight excluding hydrogens is 293 g/mol. The molecule has 18 heavy (non-hydrogen) atoms. The van der Waals surface area contributed by atoms with Crippen LogP contribution in [-0.2, 0) is 0 Å². The van der Waals surface area contributed by atoms with Crippen LogP contribution in [0.4, 0.5) is 0 Å². The van der Waals surface area contributed by atoms with E-state index in [9.17, 15) is 4.79 Å². The van der Waals surface area contributed by atoms with Crippen molar-refractivity contribution in [1.82, 2.24) is 4.98 Å². The van der Waals surface area contributed by atoms with E-state index < -0.39 is 5.97 Å². The van der Waals surface area contributed by atoms with Crippen LogP contribution >= 0.6 is 35.0 Å². The number of aromatic nitrogens is 1. The van der Waals surface area contributed by atoms with Gasteiger partial charge in [0.25, 0.3) is 0 Å². The molecule has 0 aliphatic heterocycles. The van der Waals surface area contributed by atoms with Crippen molar-refractivity contribution in [2.75, 3.05) is 0 Å². The highest BCUT2D eigenvalue weighted by molar-refractivity contribution is 7.99. The first kappa shape index (κ1) is 13.2. The summed E-state index contributed by atoms with van der Waals surface area (Å²) in [5.41, 5.74) is 0.101. The Morgan fingerprint density at radius 1 is 1.22 bits per heavy atom. The maximum Gasteiger partial charge on any atom is 0.335 e. The van der Waals surface area contributed by atoms with E-state index in [1.54, 1.807) is 6.07 Å². The lowest BCUT2D eigenvalue weighted by Crippen LogP contribution is -1.97. The lowest BCUT2D eigenvalue weighted by Gasteiger charge is -2.04. The van der Waals surface area contributed by atoms with Gasteiger partial charge in [-0.05, 0) is 24.3 Å². The molecule has 0 radical (unpaired) electrons. The fourth-order valence-electron chi connectivity index (χ4n) is 1.29. The summed E-state index contributed by atoms with van der Waals surface area (Å²) in [5.74, 6) is -1.04. The zero-order valence-corrected chi connectivity index (χ0v) is 11.3. The Bertz CT molecular complexity index is 604. The van der Waals surface area contributed by atoms with Crippen LogP contribution in [0.25, 0.3) is 0 Å². The zero-order chi connectivity index (χ0) is 13.1. The topological polar surface area (TPSA) is 50.2 Å². The van der Waals surface area contributed by atoms with Crippen LogP contribution in [0.3, 0.4) is 0 Å². The van der Waals surface area contributed by atoms with Gasteiger partial charge in [0.2, 0.25) is 0 Å². The highest BCUT2D eigenvalue weighted by Crippen LogP contribution is 2.32. The zero-order valence-electron chi connectivity index (χ0n) is 8.93. The Kier molecular flexibility index (Phi) is 4.11. The Morgan fingerprint density at radius 3 is 2.61 bits per heavy atom. The van der Waals surface area contributed by atoms with Crippen molar-refractivity contribution in [1.29, 1.82) is 0 Å². The Morgan fingerprint density at radius 2 is 1.94 bits per heavy atom. The van der Waals surface area contributed by atoms with Gasteiger partial charge >= 0.3 is 5.97 Å². The van der Waals surface area contributed by atoms with Crippen LogP contribution in [0, 0.1) is 0 Å². The molecule has 0 aliphatic rings. The lowest BCUT2D eigenvalue weighted by atomic mass is 10.3. The van der Waals surface area contributed by atoms with E-state index in [1.165, 1.54) is 23.9 Å². The summed E-state index contributed by atoms with van der Waals surface area (Å²) in [6.07, 6.45) is 0. The highest BCUT2D eigenvalue weighted by atomic mass is 35.5. The highest BCUT2D eigenvalue weighted by Gasteiger charge is 2.09. The van der Waals surface area contributed by atoms with Gasteiger partial charge in [-0.3, -0.25) is 0 Å². The number of hydrogen-bond donors (Lipinski definition) is 1. The fraction of sp³-hybridized carbons (Fsp3) is 0. The molecule has 2 rings (SSSR count). The molecule has 0 saturated carbocycles. The van der Waals surface area contributed by atoms with E-state index in [0.29, 0.717) is 10.0 Å². The van der Waals surface area contributed by atoms with Crippen molar-refractivity contribution in [2.24, 2.45) is 0 Å². The number of hydrogen-bond acceptors (Lipinski definition) is 3. The standard InChI is InChI=1S/C12H7Cl2NO2S/c13-8-3-1-2-4-9(8)18-11-6-7(12(16)17)5-10(14)15-11/h1-6H,(H,16,17). The molecule has 0 fully saturated rings. The molecule has 0 bridgehead atoms. The fourth-order valence-corrected chi connectivity index (χ4v) is 2.67. The third-order valence-corrected chi connectivity index (χ3v) is 3.70. The van der Waals surface area contributed by atoms with Crippen molar-refractivity contribution in [3.05, 3.63) is 52.1 Å². The number of benzene rings is 1. The quantitative estimate of drug-likeness (QED) is 0.861. The second-order valence-corrected chi connectivity index (χ2v) is 5.21. The summed E-state index contributed by atoms with van der Waals surface area (Å²) in [4.78, 5) is 15.8. The molecular formula is C12H7Cl2NO2S. The SMILES string of the molecule is O=C(O)c1cc(Cl)nc(Sc2ccccc2Cl)c1. The van der Waals surface area contributed by atoms with Crippen LogP contribution in [-0.4, -0.2) is 16.1 Å². The van der Waals surface area contributed by atoms with E-state index in [-0.39, 0.29) is 10.7 Å². The predicted molar refractivity (Wildman–Crippen MR) is 71.8 cm³/mol. The number of carbonyl (C=O) groups is 1. The average molecular weight is 300 g/mol. The molecule has 0 atom stereocenters. The molecule has 0 aliphatic carbocycles. The number of halogens is 2. The van der Waals surface area contributed by atoms with E-state index in [4.69, 9.17) is 28.3 Å². The van der Waals surface area contributed by atoms with Crippen LogP contribution < -0.4 is 0 Å². The summed E-state index contributed by atoms with van der Waals surface area (Å²) in [5, 5.41) is 10.2. The van der Waals surface area contributed by atoms with Gasteiger partial charge in [0.15, 0.2) is 0 Å². The second kappa shape index (κ2) is 5.61. The number of aromatic carboxylic acids is 1. The van der Waals surface area contributed by atoms with Gasteiger partial charge in [-0.1, -0.05) is 47.1 Å². The minimum atomic E-state index is -1.04. The third kappa shape index (κ3) is 3.16. The number of carboxylic acid groups (broad SMARTS) is 1. The summed E-state index contributed by atoms with van der Waals surface area (Å²) in [6, 6.07) is 10.0. The molecule has 0 spiro atoms. The van der Waals surface area contributed by atoms with Gasteiger partial charge in [0.1, 0.15) is 10.2 Å². The van der Waals surface area contributed by atoms with E-state index in [0.717, 1.165) is 4.90 Å². The molecule has 0 unspecified atom stereocenters. The largest absolute Gasteiger partial charge is 0.478 e. The van der Waals surface area contributed by atoms with Crippen LogP contribution in [0.2, 0.25) is 10.2 Å². The van der Waals surface area contributed by atoms with Crippen molar-refractivity contribution >= 4 is 40.9 Å². The number of rotatable bonds is 3. The monoisotopic (exact) mass is 299 g/mol. The van der Waals surface area contributed by atoms with Gasteiger partial charge in [-0.25, -0.2) is 9.78 Å². The van der Waals surface area contributed by atoms with Crippen molar-refractivity contribution in [2.45, 2.75) is 9.92 Å². The number of carboxylic acids is 1. The number of nitrogens with zero attached hydrogens (tertiary/aromatic N) is 1. The van der Waals surface area contributed by atoms with Crippen LogP contribution in [0.15, 0.2) is 46.3 Å². The van der Waals surface area contributed by atoms with E-state index in [1.807, 2.05) is 18.2 Å². The van der Waals surface area contributed by atoms with Gasteiger partial charge in [-0.15, -0.1) is 0 Å². The first-order valence-electron chi connectivity index (χ1n) is 4.89. The van der Waals surface area contributed by atoms with E-state index in [2.05, 4.69) is 4.98 Å². The first-order valence-corrected chi connectivity index (χ1v) is 6.47. The minimum Gasteiger partial charge on any atom is -0.478 e. The number of pyridine rings is 1. The first-order chi connectivity index (χ1) is 8.56. The van der Waals surface area contributed by atoms with Gasteiger partial charge < -0.3 is 5.11 Å². The predicted octanol–water partition coefficient (Wildman–Crippen LogP) is 4.24. The Hall–Kier alpha value is -1.23. The van der Waals surface area contributed by atoms with Gasteiger partial charge in [-0.2, -0.15) is 0 Å². The van der Waals surface area contributed by atoms with Crippen molar-refractivity contribution in [3.8, 4) is 0 Å². The smallest absolute Gasteiger partial charge is 0.335 e. The molecule has 1 N–H and O–H groups in total. The summed E-state index contributed by atoms with van der Waals surface area (Å²) in [6.45, 7) is 0. The van der Waals surface area contributed by atoms with Crippen molar-refractivity contribution < 1.29 is 9.90 Å². The molecule has 1 aromatic carbocycles. The molecule has 3 nitrogen and oxygen atoms in total. The Labute approximate surface area is 118 Å². The maximum absolute atomic E-state index is 10.9. The molecule has 2 aromatic rings. The lowest BCUT2D eigenvalue weighted by molar-refractivity contribution is 0.0696. The maximum atomic E-state index is 10.9. The molecule has 92 valence electrons. The van der Waals surface area contributed by atoms with Crippen LogP contribution in [0.1, 0.15) is 10.4 Å². The van der Waals surface area contributed by atoms with E-state index >= 15 is 0 Å². The second-order valence-electron chi connectivity index (χ2n) is 3.35. The molecule has 1 heterocycles. The molecule has 0 amide bonds. The van der Waals surface area contributed by atoms with Crippen LogP contribution in [0.5, 0.6) is 0 Å². The average Bonchev–Trinajstić information content (AvgIpc) is 2.31. The molecule has 0 saturated heterocycles. The summed E-state index contributed by atoms with van der Waals surface area (Å²) < 4.78 is 0. The molecule has 6 heteroatoms. The summed E-state index contributed by atoms with van der Waals surface area (Å²) >= 11 is 13.1.